The van der Waals surface area contributed by atoms with Crippen LogP contribution in [0.5, 0.6) is 0 Å². The van der Waals surface area contributed by atoms with Crippen molar-refractivity contribution in [2.24, 2.45) is 0 Å². The van der Waals surface area contributed by atoms with Crippen molar-refractivity contribution in [1.29, 1.82) is 0 Å². The van der Waals surface area contributed by atoms with Crippen LogP contribution in [-0.4, -0.2) is 13.1 Å². The standard InChI is InChI=1S/C16H23BrF3N/c1-3-5-9-21(10-6-4-2)14-8-7-13(12-17)15(11-14)16(18,19)20/h7-8,11H,3-6,9-10,12H2,1-2H3. The number of benzene rings is 1. The van der Waals surface area contributed by atoms with Crippen LogP contribution in [0, 0.1) is 0 Å². The highest BCUT2D eigenvalue weighted by atomic mass is 79.9. The first kappa shape index (κ1) is 18.3. The second-order valence-corrected chi connectivity index (χ2v) is 5.73. The van der Waals surface area contributed by atoms with Crippen molar-refractivity contribution in [2.75, 3.05) is 18.0 Å². The molecule has 0 radical (unpaired) electrons. The summed E-state index contributed by atoms with van der Waals surface area (Å²) < 4.78 is 39.4. The molecule has 21 heavy (non-hydrogen) atoms. The maximum atomic E-state index is 13.1. The van der Waals surface area contributed by atoms with E-state index in [1.807, 2.05) is 0 Å². The van der Waals surface area contributed by atoms with E-state index in [-0.39, 0.29) is 10.9 Å². The zero-order valence-corrected chi connectivity index (χ0v) is 14.2. The van der Waals surface area contributed by atoms with Gasteiger partial charge < -0.3 is 4.90 Å². The molecule has 0 N–H and O–H groups in total. The minimum absolute atomic E-state index is 0.214. The minimum Gasteiger partial charge on any atom is -0.372 e. The van der Waals surface area contributed by atoms with Gasteiger partial charge in [0.15, 0.2) is 0 Å². The Morgan fingerprint density at radius 2 is 1.62 bits per heavy atom. The van der Waals surface area contributed by atoms with E-state index in [0.717, 1.165) is 38.8 Å². The number of rotatable bonds is 8. The van der Waals surface area contributed by atoms with Gasteiger partial charge in [0.1, 0.15) is 0 Å². The van der Waals surface area contributed by atoms with E-state index in [4.69, 9.17) is 0 Å². The van der Waals surface area contributed by atoms with Crippen molar-refractivity contribution < 1.29 is 13.2 Å². The average molecular weight is 366 g/mol. The first-order chi connectivity index (χ1) is 9.93. The summed E-state index contributed by atoms with van der Waals surface area (Å²) in [4.78, 5) is 2.07. The summed E-state index contributed by atoms with van der Waals surface area (Å²) in [5.41, 5.74) is 0.431. The Hall–Kier alpha value is -0.710. The van der Waals surface area contributed by atoms with Gasteiger partial charge in [0, 0.05) is 24.1 Å². The summed E-state index contributed by atoms with van der Waals surface area (Å²) in [5, 5.41) is 0.214. The highest BCUT2D eigenvalue weighted by Crippen LogP contribution is 2.35. The molecule has 0 aliphatic rings. The fraction of sp³-hybridized carbons (Fsp3) is 0.625. The Balaban J connectivity index is 3.07. The van der Waals surface area contributed by atoms with Gasteiger partial charge in [0.2, 0.25) is 0 Å². The highest BCUT2D eigenvalue weighted by Gasteiger charge is 2.33. The molecule has 1 nitrogen and oxygen atoms in total. The third kappa shape index (κ3) is 5.53. The predicted molar refractivity (Wildman–Crippen MR) is 86.1 cm³/mol. The van der Waals surface area contributed by atoms with Crippen molar-refractivity contribution in [3.05, 3.63) is 29.3 Å². The Morgan fingerprint density at radius 1 is 1.05 bits per heavy atom. The Labute approximate surface area is 133 Å². The molecular weight excluding hydrogens is 343 g/mol. The summed E-state index contributed by atoms with van der Waals surface area (Å²) in [6.07, 6.45) is -0.251. The van der Waals surface area contributed by atoms with Crippen LogP contribution in [0.15, 0.2) is 18.2 Å². The number of unbranched alkanes of at least 4 members (excludes halogenated alkanes) is 2. The monoisotopic (exact) mass is 365 g/mol. The summed E-state index contributed by atoms with van der Waals surface area (Å²) in [5.74, 6) is 0. The molecule has 0 saturated heterocycles. The quantitative estimate of drug-likeness (QED) is 0.510. The van der Waals surface area contributed by atoms with E-state index < -0.39 is 11.7 Å². The lowest BCUT2D eigenvalue weighted by Gasteiger charge is -2.26. The maximum absolute atomic E-state index is 13.1. The van der Waals surface area contributed by atoms with Crippen LogP contribution in [0.3, 0.4) is 0 Å². The molecule has 5 heteroatoms. The number of anilines is 1. The molecule has 0 aliphatic carbocycles. The summed E-state index contributed by atoms with van der Waals surface area (Å²) in [7, 11) is 0. The first-order valence-electron chi connectivity index (χ1n) is 7.45. The van der Waals surface area contributed by atoms with E-state index in [9.17, 15) is 13.2 Å². The molecular formula is C16H23BrF3N. The number of alkyl halides is 4. The molecule has 1 aromatic carbocycles. The lowest BCUT2D eigenvalue weighted by atomic mass is 10.1. The van der Waals surface area contributed by atoms with Crippen molar-refractivity contribution in [1.82, 2.24) is 0 Å². The second kappa shape index (κ2) is 8.66. The second-order valence-electron chi connectivity index (χ2n) is 5.17. The number of nitrogens with zero attached hydrogens (tertiary/aromatic N) is 1. The molecule has 120 valence electrons. The largest absolute Gasteiger partial charge is 0.416 e. The zero-order chi connectivity index (χ0) is 15.9. The smallest absolute Gasteiger partial charge is 0.372 e. The third-order valence-electron chi connectivity index (χ3n) is 3.47. The van der Waals surface area contributed by atoms with Crippen LogP contribution in [0.4, 0.5) is 18.9 Å². The molecule has 0 spiro atoms. The zero-order valence-electron chi connectivity index (χ0n) is 12.6. The van der Waals surface area contributed by atoms with Crippen molar-refractivity contribution in [3.8, 4) is 0 Å². The first-order valence-corrected chi connectivity index (χ1v) is 8.57. The molecule has 0 atom stereocenters. The third-order valence-corrected chi connectivity index (χ3v) is 4.08. The molecule has 0 fully saturated rings. The predicted octanol–water partition coefficient (Wildman–Crippen LogP) is 6.01. The van der Waals surface area contributed by atoms with Crippen LogP contribution in [0.2, 0.25) is 0 Å². The lowest BCUT2D eigenvalue weighted by molar-refractivity contribution is -0.138. The van der Waals surface area contributed by atoms with Crippen molar-refractivity contribution in [3.63, 3.8) is 0 Å². The van der Waals surface area contributed by atoms with E-state index in [1.165, 1.54) is 6.07 Å². The molecule has 0 heterocycles. The molecule has 0 aromatic heterocycles. The van der Waals surface area contributed by atoms with Crippen molar-refractivity contribution >= 4 is 21.6 Å². The Bertz CT molecular complexity index is 424. The fourth-order valence-corrected chi connectivity index (χ4v) is 2.70. The van der Waals surface area contributed by atoms with Gasteiger partial charge in [-0.2, -0.15) is 13.2 Å². The van der Waals surface area contributed by atoms with Crippen LogP contribution >= 0.6 is 15.9 Å². The molecule has 0 aliphatic heterocycles. The minimum atomic E-state index is -4.31. The van der Waals surface area contributed by atoms with Crippen LogP contribution in [0.1, 0.15) is 50.7 Å². The molecule has 0 amide bonds. The van der Waals surface area contributed by atoms with E-state index in [0.29, 0.717) is 5.69 Å². The van der Waals surface area contributed by atoms with Gasteiger partial charge >= 0.3 is 6.18 Å². The van der Waals surface area contributed by atoms with Gasteiger partial charge in [-0.1, -0.05) is 48.7 Å². The molecule has 0 unspecified atom stereocenters. The molecule has 0 bridgehead atoms. The molecule has 1 rings (SSSR count). The lowest BCUT2D eigenvalue weighted by Crippen LogP contribution is -2.26. The van der Waals surface area contributed by atoms with Gasteiger partial charge in [0.05, 0.1) is 5.56 Å². The van der Waals surface area contributed by atoms with Gasteiger partial charge in [-0.3, -0.25) is 0 Å². The van der Waals surface area contributed by atoms with E-state index in [2.05, 4.69) is 34.7 Å². The van der Waals surface area contributed by atoms with Crippen LogP contribution in [-0.2, 0) is 11.5 Å². The summed E-state index contributed by atoms with van der Waals surface area (Å²) in [6.45, 7) is 5.79. The topological polar surface area (TPSA) is 3.24 Å². The van der Waals surface area contributed by atoms with Crippen LogP contribution in [0.25, 0.3) is 0 Å². The molecule has 0 saturated carbocycles. The van der Waals surface area contributed by atoms with Gasteiger partial charge in [-0.15, -0.1) is 0 Å². The number of halogens is 4. The summed E-state index contributed by atoms with van der Waals surface area (Å²) >= 11 is 3.13. The number of hydrogen-bond acceptors (Lipinski definition) is 1. The Kier molecular flexibility index (Phi) is 7.57. The maximum Gasteiger partial charge on any atom is 0.416 e. The normalized spacial score (nSPS) is 11.7. The highest BCUT2D eigenvalue weighted by molar-refractivity contribution is 9.08. The van der Waals surface area contributed by atoms with E-state index in [1.54, 1.807) is 12.1 Å². The fourth-order valence-electron chi connectivity index (χ4n) is 2.21. The van der Waals surface area contributed by atoms with Gasteiger partial charge in [0.25, 0.3) is 0 Å². The van der Waals surface area contributed by atoms with Gasteiger partial charge in [-0.25, -0.2) is 0 Å². The van der Waals surface area contributed by atoms with E-state index >= 15 is 0 Å². The van der Waals surface area contributed by atoms with Gasteiger partial charge in [-0.05, 0) is 30.5 Å². The summed E-state index contributed by atoms with van der Waals surface area (Å²) in [6, 6.07) is 4.68. The SMILES string of the molecule is CCCCN(CCCC)c1ccc(CBr)c(C(F)(F)F)c1. The molecule has 1 aromatic rings. The van der Waals surface area contributed by atoms with Crippen molar-refractivity contribution in [2.45, 2.75) is 51.0 Å². The van der Waals surface area contributed by atoms with Crippen LogP contribution < -0.4 is 4.90 Å². The Morgan fingerprint density at radius 3 is 2.05 bits per heavy atom. The average Bonchev–Trinajstić information content (AvgIpc) is 2.46. The number of hydrogen-bond donors (Lipinski definition) is 0.